The van der Waals surface area contributed by atoms with Gasteiger partial charge in [-0.3, -0.25) is 9.79 Å². The molecule has 1 amide bonds. The molecule has 0 saturated carbocycles. The molecule has 1 rings (SSSR count). The highest BCUT2D eigenvalue weighted by atomic mass is 127. The highest BCUT2D eigenvalue weighted by Crippen LogP contribution is 2.03. The van der Waals surface area contributed by atoms with Crippen LogP contribution in [-0.2, 0) is 4.74 Å². The van der Waals surface area contributed by atoms with Gasteiger partial charge in [0, 0.05) is 45.5 Å². The van der Waals surface area contributed by atoms with Crippen LogP contribution in [-0.4, -0.2) is 51.8 Å². The van der Waals surface area contributed by atoms with E-state index in [1.165, 1.54) is 0 Å². The van der Waals surface area contributed by atoms with Crippen molar-refractivity contribution in [3.05, 3.63) is 35.4 Å². The van der Waals surface area contributed by atoms with Gasteiger partial charge in [0.15, 0.2) is 5.96 Å². The van der Waals surface area contributed by atoms with E-state index in [0.717, 1.165) is 37.7 Å². The Bertz CT molecular complexity index is 509. The van der Waals surface area contributed by atoms with Crippen LogP contribution in [0.1, 0.15) is 29.3 Å². The first-order valence-electron chi connectivity index (χ1n) is 8.04. The average molecular weight is 448 g/mol. The van der Waals surface area contributed by atoms with Gasteiger partial charge in [-0.05, 0) is 32.4 Å². The van der Waals surface area contributed by atoms with E-state index in [4.69, 9.17) is 4.74 Å². The second-order valence-electron chi connectivity index (χ2n) is 5.10. The molecule has 7 heteroatoms. The lowest BCUT2D eigenvalue weighted by Gasteiger charge is -2.12. The van der Waals surface area contributed by atoms with Crippen LogP contribution in [0, 0.1) is 6.92 Å². The summed E-state index contributed by atoms with van der Waals surface area (Å²) in [6.07, 6.45) is 0.929. The van der Waals surface area contributed by atoms with Crippen molar-refractivity contribution >= 4 is 35.8 Å². The van der Waals surface area contributed by atoms with Gasteiger partial charge in [0.2, 0.25) is 0 Å². The highest BCUT2D eigenvalue weighted by Gasteiger charge is 2.04. The minimum Gasteiger partial charge on any atom is -0.382 e. The zero-order chi connectivity index (χ0) is 16.9. The van der Waals surface area contributed by atoms with Gasteiger partial charge in [-0.2, -0.15) is 0 Å². The molecule has 0 fully saturated rings. The number of rotatable bonds is 9. The summed E-state index contributed by atoms with van der Waals surface area (Å²) in [6, 6.07) is 7.55. The molecule has 1 aromatic carbocycles. The van der Waals surface area contributed by atoms with Gasteiger partial charge >= 0.3 is 0 Å². The Labute approximate surface area is 161 Å². The van der Waals surface area contributed by atoms with Crippen LogP contribution in [0.25, 0.3) is 0 Å². The number of halogens is 1. The summed E-state index contributed by atoms with van der Waals surface area (Å²) in [6.45, 7) is 7.39. The number of hydrogen-bond acceptors (Lipinski definition) is 3. The summed E-state index contributed by atoms with van der Waals surface area (Å²) < 4.78 is 5.28. The molecule has 136 valence electrons. The fourth-order valence-electron chi connectivity index (χ4n) is 1.99. The van der Waals surface area contributed by atoms with Gasteiger partial charge in [-0.25, -0.2) is 0 Å². The molecule has 6 nitrogen and oxygen atoms in total. The predicted octanol–water partition coefficient (Wildman–Crippen LogP) is 1.93. The molecule has 0 atom stereocenters. The maximum absolute atomic E-state index is 12.0. The SMILES string of the molecule is CCOCCCNC(=NC)NCCNC(=O)c1cccc(C)c1.I. The number of hydrogen-bond donors (Lipinski definition) is 3. The zero-order valence-corrected chi connectivity index (χ0v) is 17.1. The van der Waals surface area contributed by atoms with Gasteiger partial charge in [0.25, 0.3) is 5.91 Å². The standard InChI is InChI=1S/C17H28N4O2.HI/c1-4-23-12-6-9-20-17(18-3)21-11-10-19-16(22)15-8-5-7-14(2)13-15;/h5,7-8,13H,4,6,9-12H2,1-3H3,(H,19,22)(H2,18,20,21);1H. The Kier molecular flexibility index (Phi) is 13.2. The van der Waals surface area contributed by atoms with Crippen molar-refractivity contribution in [2.24, 2.45) is 4.99 Å². The van der Waals surface area contributed by atoms with Crippen molar-refractivity contribution in [3.63, 3.8) is 0 Å². The van der Waals surface area contributed by atoms with E-state index in [-0.39, 0.29) is 29.9 Å². The third-order valence-corrected chi connectivity index (χ3v) is 3.17. The molecule has 0 aliphatic heterocycles. The number of amides is 1. The number of guanidine groups is 1. The maximum Gasteiger partial charge on any atom is 0.251 e. The molecule has 0 saturated heterocycles. The largest absolute Gasteiger partial charge is 0.382 e. The molecule has 24 heavy (non-hydrogen) atoms. The summed E-state index contributed by atoms with van der Waals surface area (Å²) >= 11 is 0. The fourth-order valence-corrected chi connectivity index (χ4v) is 1.99. The topological polar surface area (TPSA) is 74.8 Å². The number of benzene rings is 1. The molecule has 0 bridgehead atoms. The van der Waals surface area contributed by atoms with Crippen molar-refractivity contribution in [3.8, 4) is 0 Å². The Balaban J connectivity index is 0.00000529. The van der Waals surface area contributed by atoms with E-state index in [9.17, 15) is 4.79 Å². The minimum atomic E-state index is -0.0600. The van der Waals surface area contributed by atoms with E-state index in [1.54, 1.807) is 7.05 Å². The Morgan fingerprint density at radius 1 is 1.17 bits per heavy atom. The van der Waals surface area contributed by atoms with Crippen molar-refractivity contribution in [1.82, 2.24) is 16.0 Å². The monoisotopic (exact) mass is 448 g/mol. The Morgan fingerprint density at radius 2 is 1.88 bits per heavy atom. The van der Waals surface area contributed by atoms with Gasteiger partial charge in [-0.15, -0.1) is 24.0 Å². The smallest absolute Gasteiger partial charge is 0.251 e. The van der Waals surface area contributed by atoms with Crippen molar-refractivity contribution in [1.29, 1.82) is 0 Å². The summed E-state index contributed by atoms with van der Waals surface area (Å²) in [4.78, 5) is 16.1. The number of aliphatic imine (C=N–C) groups is 1. The van der Waals surface area contributed by atoms with Crippen molar-refractivity contribution < 1.29 is 9.53 Å². The van der Waals surface area contributed by atoms with Gasteiger partial charge < -0.3 is 20.7 Å². The normalized spacial score (nSPS) is 10.7. The van der Waals surface area contributed by atoms with Crippen LogP contribution in [0.5, 0.6) is 0 Å². The van der Waals surface area contributed by atoms with Crippen LogP contribution in [0.2, 0.25) is 0 Å². The molecule has 0 heterocycles. The number of carbonyl (C=O) groups is 1. The van der Waals surface area contributed by atoms with E-state index in [0.29, 0.717) is 18.7 Å². The first kappa shape index (κ1) is 22.6. The maximum atomic E-state index is 12.0. The van der Waals surface area contributed by atoms with Crippen molar-refractivity contribution in [2.75, 3.05) is 39.9 Å². The van der Waals surface area contributed by atoms with Crippen LogP contribution < -0.4 is 16.0 Å². The van der Waals surface area contributed by atoms with Crippen LogP contribution in [0.3, 0.4) is 0 Å². The van der Waals surface area contributed by atoms with Gasteiger partial charge in [0.05, 0.1) is 0 Å². The summed E-state index contributed by atoms with van der Waals surface area (Å²) in [5.74, 6) is 0.668. The molecule has 0 aliphatic rings. The molecule has 3 N–H and O–H groups in total. The number of carbonyl (C=O) groups excluding carboxylic acids is 1. The lowest BCUT2D eigenvalue weighted by atomic mass is 10.1. The molecule has 0 radical (unpaired) electrons. The lowest BCUT2D eigenvalue weighted by molar-refractivity contribution is 0.0954. The lowest BCUT2D eigenvalue weighted by Crippen LogP contribution is -2.42. The molecule has 0 spiro atoms. The predicted molar refractivity (Wildman–Crippen MR) is 109 cm³/mol. The van der Waals surface area contributed by atoms with Gasteiger partial charge in [-0.1, -0.05) is 17.7 Å². The molecular weight excluding hydrogens is 419 g/mol. The van der Waals surface area contributed by atoms with Crippen LogP contribution in [0.4, 0.5) is 0 Å². The molecule has 0 unspecified atom stereocenters. The molecule has 0 aliphatic carbocycles. The summed E-state index contributed by atoms with van der Waals surface area (Å²) in [7, 11) is 1.73. The Hall–Kier alpha value is -1.35. The van der Waals surface area contributed by atoms with E-state index >= 15 is 0 Å². The number of aryl methyl sites for hydroxylation is 1. The van der Waals surface area contributed by atoms with E-state index in [2.05, 4.69) is 20.9 Å². The molecular formula is C17H29IN4O2. The summed E-state index contributed by atoms with van der Waals surface area (Å²) in [5.41, 5.74) is 1.76. The first-order chi connectivity index (χ1) is 11.2. The van der Waals surface area contributed by atoms with E-state index < -0.39 is 0 Å². The number of nitrogens with zero attached hydrogens (tertiary/aromatic N) is 1. The third kappa shape index (κ3) is 9.71. The van der Waals surface area contributed by atoms with Crippen LogP contribution in [0.15, 0.2) is 29.3 Å². The second kappa shape index (κ2) is 14.0. The average Bonchev–Trinajstić information content (AvgIpc) is 2.56. The Morgan fingerprint density at radius 3 is 2.54 bits per heavy atom. The first-order valence-corrected chi connectivity index (χ1v) is 8.04. The third-order valence-electron chi connectivity index (χ3n) is 3.17. The second-order valence-corrected chi connectivity index (χ2v) is 5.10. The molecule has 1 aromatic rings. The quantitative estimate of drug-likeness (QED) is 0.234. The highest BCUT2D eigenvalue weighted by molar-refractivity contribution is 14.0. The van der Waals surface area contributed by atoms with Gasteiger partial charge in [0.1, 0.15) is 0 Å². The number of nitrogens with one attached hydrogen (secondary N) is 3. The van der Waals surface area contributed by atoms with Crippen LogP contribution >= 0.6 is 24.0 Å². The number of ether oxygens (including phenoxy) is 1. The minimum absolute atomic E-state index is 0. The molecule has 0 aromatic heterocycles. The summed E-state index contributed by atoms with van der Waals surface area (Å²) in [5, 5.41) is 9.25. The van der Waals surface area contributed by atoms with E-state index in [1.807, 2.05) is 38.1 Å². The fraction of sp³-hybridized carbons (Fsp3) is 0.529. The van der Waals surface area contributed by atoms with Crippen molar-refractivity contribution in [2.45, 2.75) is 20.3 Å². The zero-order valence-electron chi connectivity index (χ0n) is 14.7.